The van der Waals surface area contributed by atoms with Crippen LogP contribution in [0.25, 0.3) is 0 Å². The minimum Gasteiger partial charge on any atom is -0.375 e. The molecule has 6 nitrogen and oxygen atoms in total. The highest BCUT2D eigenvalue weighted by molar-refractivity contribution is 7.88. The fourth-order valence-electron chi connectivity index (χ4n) is 3.86. The normalized spacial score (nSPS) is 27.5. The van der Waals surface area contributed by atoms with Crippen LogP contribution in [-0.2, 0) is 19.6 Å². The topological polar surface area (TPSA) is 66.9 Å². The number of methoxy groups -OCH3 is 1. The van der Waals surface area contributed by atoms with Crippen LogP contribution < -0.4 is 0 Å². The Morgan fingerprint density at radius 3 is 2.71 bits per heavy atom. The number of hydrogen-bond donors (Lipinski definition) is 0. The summed E-state index contributed by atoms with van der Waals surface area (Å²) >= 11 is 0. The van der Waals surface area contributed by atoms with Gasteiger partial charge in [0, 0.05) is 32.7 Å². The highest BCUT2D eigenvalue weighted by Crippen LogP contribution is 2.45. The molecule has 0 aromatic heterocycles. The first-order valence-electron chi connectivity index (χ1n) is 7.80. The molecule has 2 fully saturated rings. The van der Waals surface area contributed by atoms with Gasteiger partial charge in [0.2, 0.25) is 15.9 Å². The minimum absolute atomic E-state index is 0.0395. The van der Waals surface area contributed by atoms with Crippen molar-refractivity contribution in [3.05, 3.63) is 35.6 Å². The lowest BCUT2D eigenvalue weighted by Crippen LogP contribution is -2.38. The van der Waals surface area contributed by atoms with Crippen molar-refractivity contribution in [2.75, 3.05) is 39.6 Å². The third-order valence-electron chi connectivity index (χ3n) is 4.88. The number of likely N-dealkylation sites (tertiary alicyclic amines) is 1. The summed E-state index contributed by atoms with van der Waals surface area (Å²) in [5.41, 5.74) is 0.697. The van der Waals surface area contributed by atoms with Crippen molar-refractivity contribution in [1.29, 1.82) is 0 Å². The van der Waals surface area contributed by atoms with E-state index in [0.717, 1.165) is 0 Å². The fraction of sp³-hybridized carbons (Fsp3) is 0.562. The Hall–Kier alpha value is -1.51. The molecular weight excluding hydrogens is 335 g/mol. The fourth-order valence-corrected chi connectivity index (χ4v) is 4.76. The Morgan fingerprint density at radius 1 is 1.33 bits per heavy atom. The Kier molecular flexibility index (Phi) is 4.63. The summed E-state index contributed by atoms with van der Waals surface area (Å²) in [7, 11) is -1.82. The van der Waals surface area contributed by atoms with Crippen molar-refractivity contribution in [2.24, 2.45) is 11.8 Å². The highest BCUT2D eigenvalue weighted by atomic mass is 32.2. The molecule has 0 radical (unpaired) electrons. The van der Waals surface area contributed by atoms with E-state index in [4.69, 9.17) is 4.74 Å². The quantitative estimate of drug-likeness (QED) is 0.803. The number of rotatable bonds is 4. The molecule has 2 aliphatic rings. The lowest BCUT2D eigenvalue weighted by Gasteiger charge is -2.29. The molecule has 0 bridgehead atoms. The average molecular weight is 356 g/mol. The van der Waals surface area contributed by atoms with Gasteiger partial charge >= 0.3 is 0 Å². The summed E-state index contributed by atoms with van der Waals surface area (Å²) in [6.45, 7) is 1.16. The number of amides is 1. The van der Waals surface area contributed by atoms with Crippen LogP contribution in [0.4, 0.5) is 4.39 Å². The molecule has 0 spiro atoms. The van der Waals surface area contributed by atoms with Gasteiger partial charge in [-0.1, -0.05) is 12.1 Å². The van der Waals surface area contributed by atoms with Crippen LogP contribution in [0, 0.1) is 17.7 Å². The molecule has 2 heterocycles. The number of carbonyl (C=O) groups is 1. The van der Waals surface area contributed by atoms with Crippen molar-refractivity contribution < 1.29 is 22.3 Å². The zero-order valence-electron chi connectivity index (χ0n) is 13.7. The van der Waals surface area contributed by atoms with Crippen molar-refractivity contribution in [3.8, 4) is 0 Å². The number of fused-ring (bicyclic) bond motifs is 1. The highest BCUT2D eigenvalue weighted by Gasteiger charge is 2.50. The zero-order valence-corrected chi connectivity index (χ0v) is 14.5. The third kappa shape index (κ3) is 3.18. The molecule has 0 N–H and O–H groups in total. The van der Waals surface area contributed by atoms with Crippen LogP contribution in [0.15, 0.2) is 24.3 Å². The van der Waals surface area contributed by atoms with Gasteiger partial charge in [-0.25, -0.2) is 17.1 Å². The first-order chi connectivity index (χ1) is 11.3. The lowest BCUT2D eigenvalue weighted by atomic mass is 9.89. The van der Waals surface area contributed by atoms with Crippen molar-refractivity contribution in [1.82, 2.24) is 9.21 Å². The number of ether oxygens (including phenoxy) is 1. The molecule has 2 saturated heterocycles. The maximum Gasteiger partial charge on any atom is 0.249 e. The van der Waals surface area contributed by atoms with Crippen molar-refractivity contribution >= 4 is 15.9 Å². The van der Waals surface area contributed by atoms with E-state index in [0.29, 0.717) is 25.2 Å². The number of carbonyl (C=O) groups excluding carboxylic acids is 1. The molecule has 1 aromatic carbocycles. The molecule has 0 unspecified atom stereocenters. The van der Waals surface area contributed by atoms with E-state index in [-0.39, 0.29) is 36.2 Å². The second-order valence-electron chi connectivity index (χ2n) is 6.48. The van der Waals surface area contributed by atoms with Gasteiger partial charge in [-0.15, -0.1) is 0 Å². The van der Waals surface area contributed by atoms with E-state index in [9.17, 15) is 17.6 Å². The third-order valence-corrected chi connectivity index (χ3v) is 6.11. The number of benzene rings is 1. The van der Waals surface area contributed by atoms with Crippen LogP contribution in [0.3, 0.4) is 0 Å². The average Bonchev–Trinajstić information content (AvgIpc) is 3.04. The van der Waals surface area contributed by atoms with Gasteiger partial charge < -0.3 is 9.64 Å². The SMILES string of the molecule is COCC(=O)N1C[C@H]2CN(S(C)(=O)=O)C[C@H]2[C@@H]1c1cccc(F)c1. The molecule has 132 valence electrons. The smallest absolute Gasteiger partial charge is 0.249 e. The second-order valence-corrected chi connectivity index (χ2v) is 8.47. The standard InChI is InChI=1S/C16H21FN2O4S/c1-23-10-15(20)19-8-12-7-18(24(2,21)22)9-14(12)16(19)11-4-3-5-13(17)6-11/h3-6,12,14,16H,7-10H2,1-2H3/t12-,14-,16+/m1/s1. The Labute approximate surface area is 141 Å². The Bertz CT molecular complexity index is 739. The van der Waals surface area contributed by atoms with Gasteiger partial charge in [0.15, 0.2) is 0 Å². The van der Waals surface area contributed by atoms with Gasteiger partial charge in [-0.05, 0) is 23.6 Å². The summed E-state index contributed by atoms with van der Waals surface area (Å²) in [5.74, 6) is -0.517. The maximum atomic E-state index is 13.7. The largest absolute Gasteiger partial charge is 0.375 e. The molecule has 1 amide bonds. The zero-order chi connectivity index (χ0) is 17.5. The van der Waals surface area contributed by atoms with E-state index in [1.54, 1.807) is 17.0 Å². The first kappa shape index (κ1) is 17.3. The van der Waals surface area contributed by atoms with Gasteiger partial charge in [-0.3, -0.25) is 4.79 Å². The summed E-state index contributed by atoms with van der Waals surface area (Å²) in [4.78, 5) is 14.1. The number of nitrogens with zero attached hydrogens (tertiary/aromatic N) is 2. The second kappa shape index (κ2) is 6.42. The molecule has 2 aliphatic heterocycles. The monoisotopic (exact) mass is 356 g/mol. The number of halogens is 1. The first-order valence-corrected chi connectivity index (χ1v) is 9.65. The van der Waals surface area contributed by atoms with E-state index in [1.165, 1.54) is 29.8 Å². The molecule has 3 rings (SSSR count). The predicted octanol–water partition coefficient (Wildman–Crippen LogP) is 0.863. The Balaban J connectivity index is 1.93. The molecule has 8 heteroatoms. The lowest BCUT2D eigenvalue weighted by molar-refractivity contribution is -0.136. The van der Waals surface area contributed by atoms with Crippen LogP contribution in [0.2, 0.25) is 0 Å². The minimum atomic E-state index is -3.28. The van der Waals surface area contributed by atoms with E-state index in [2.05, 4.69) is 0 Å². The van der Waals surface area contributed by atoms with Gasteiger partial charge in [0.25, 0.3) is 0 Å². The number of sulfonamides is 1. The summed E-state index contributed by atoms with van der Waals surface area (Å²) in [6.07, 6.45) is 1.19. The van der Waals surface area contributed by atoms with Crippen molar-refractivity contribution in [3.63, 3.8) is 0 Å². The van der Waals surface area contributed by atoms with Gasteiger partial charge in [0.1, 0.15) is 12.4 Å². The number of hydrogen-bond acceptors (Lipinski definition) is 4. The molecule has 3 atom stereocenters. The van der Waals surface area contributed by atoms with Crippen LogP contribution >= 0.6 is 0 Å². The predicted molar refractivity (Wildman–Crippen MR) is 86.1 cm³/mol. The van der Waals surface area contributed by atoms with Gasteiger partial charge in [0.05, 0.1) is 12.3 Å². The molecule has 0 saturated carbocycles. The van der Waals surface area contributed by atoms with E-state index in [1.807, 2.05) is 0 Å². The molecule has 1 aromatic rings. The molecular formula is C16H21FN2O4S. The maximum absolute atomic E-state index is 13.7. The van der Waals surface area contributed by atoms with Crippen LogP contribution in [0.5, 0.6) is 0 Å². The van der Waals surface area contributed by atoms with Crippen LogP contribution in [0.1, 0.15) is 11.6 Å². The summed E-state index contributed by atoms with van der Waals surface area (Å²) in [5, 5.41) is 0. The van der Waals surface area contributed by atoms with E-state index < -0.39 is 10.0 Å². The van der Waals surface area contributed by atoms with Gasteiger partial charge in [-0.2, -0.15) is 0 Å². The molecule has 0 aliphatic carbocycles. The van der Waals surface area contributed by atoms with Crippen LogP contribution in [-0.4, -0.2) is 63.1 Å². The Morgan fingerprint density at radius 2 is 2.08 bits per heavy atom. The van der Waals surface area contributed by atoms with Crippen molar-refractivity contribution in [2.45, 2.75) is 6.04 Å². The molecule has 24 heavy (non-hydrogen) atoms. The summed E-state index contributed by atoms with van der Waals surface area (Å²) < 4.78 is 43.8. The van der Waals surface area contributed by atoms with E-state index >= 15 is 0 Å². The summed E-state index contributed by atoms with van der Waals surface area (Å²) in [6, 6.07) is 5.84.